The van der Waals surface area contributed by atoms with Crippen LogP contribution in [0.2, 0.25) is 0 Å². The molecular weight excluding hydrogens is 396 g/mol. The van der Waals surface area contributed by atoms with Crippen molar-refractivity contribution in [2.24, 2.45) is 0 Å². The number of nitrogens with one attached hydrogen (secondary N) is 2. The van der Waals surface area contributed by atoms with Crippen LogP contribution >= 0.6 is 0 Å². The summed E-state index contributed by atoms with van der Waals surface area (Å²) in [6.07, 6.45) is 7.25. The van der Waals surface area contributed by atoms with Crippen LogP contribution in [0.25, 0.3) is 0 Å². The van der Waals surface area contributed by atoms with Gasteiger partial charge in [0.1, 0.15) is 11.5 Å². The monoisotopic (exact) mass is 426 g/mol. The van der Waals surface area contributed by atoms with Crippen LogP contribution in [0.1, 0.15) is 79.5 Å². The van der Waals surface area contributed by atoms with Gasteiger partial charge in [0.25, 0.3) is 11.5 Å². The molecule has 2 aromatic heterocycles. The summed E-state index contributed by atoms with van der Waals surface area (Å²) in [6, 6.07) is 5.01. The number of anilines is 1. The van der Waals surface area contributed by atoms with E-state index >= 15 is 0 Å². The second-order valence-electron chi connectivity index (χ2n) is 9.08. The zero-order valence-electron chi connectivity index (χ0n) is 17.7. The van der Waals surface area contributed by atoms with Gasteiger partial charge in [0.05, 0.1) is 12.1 Å². The molecule has 1 amide bonds. The third kappa shape index (κ3) is 4.23. The van der Waals surface area contributed by atoms with Gasteiger partial charge in [-0.1, -0.05) is 0 Å². The number of piperidine rings is 1. The number of hydrogen-bond donors (Lipinski definition) is 3. The number of amides is 1. The standard InChI is InChI=1S/C22H30N6O3/c29-19-6-3-5-18(19)28-21(30)10-9-20(26-28)27-11-2-1-4-15(27)13-23-22(31)17-12-16(24-25-17)14-7-8-14/h9-10,12,14-15,18-19,29H,1-8,11,13H2,(H,23,31)(H,24,25). The van der Waals surface area contributed by atoms with E-state index in [0.717, 1.165) is 63.0 Å². The Morgan fingerprint density at radius 2 is 2.03 bits per heavy atom. The molecule has 0 aromatic carbocycles. The first-order chi connectivity index (χ1) is 15.1. The van der Waals surface area contributed by atoms with Gasteiger partial charge < -0.3 is 15.3 Å². The molecule has 0 spiro atoms. The highest BCUT2D eigenvalue weighted by Gasteiger charge is 2.31. The second kappa shape index (κ2) is 8.45. The number of aromatic amines is 1. The number of aliphatic hydroxyl groups is 1. The lowest BCUT2D eigenvalue weighted by Gasteiger charge is -2.37. The van der Waals surface area contributed by atoms with E-state index < -0.39 is 6.10 Å². The van der Waals surface area contributed by atoms with Crippen LogP contribution in [0.4, 0.5) is 5.82 Å². The SMILES string of the molecule is O=C(NCC1CCCCN1c1ccc(=O)n(C2CCCC2O)n1)c1cc(C2CC2)[nH]n1. The minimum Gasteiger partial charge on any atom is -0.391 e. The quantitative estimate of drug-likeness (QED) is 0.648. The molecule has 2 aliphatic carbocycles. The van der Waals surface area contributed by atoms with E-state index in [2.05, 4.69) is 25.5 Å². The number of aliphatic hydroxyl groups excluding tert-OH is 1. The van der Waals surface area contributed by atoms with Gasteiger partial charge >= 0.3 is 0 Å². The highest BCUT2D eigenvalue weighted by Crippen LogP contribution is 2.39. The number of aromatic nitrogens is 4. The van der Waals surface area contributed by atoms with Crippen molar-refractivity contribution in [2.45, 2.75) is 75.5 Å². The van der Waals surface area contributed by atoms with Crippen molar-refractivity contribution in [1.29, 1.82) is 0 Å². The predicted octanol–water partition coefficient (Wildman–Crippen LogP) is 1.72. The molecule has 31 heavy (non-hydrogen) atoms. The van der Waals surface area contributed by atoms with Crippen molar-refractivity contribution in [3.63, 3.8) is 0 Å². The molecule has 1 aliphatic heterocycles. The van der Waals surface area contributed by atoms with Crippen LogP contribution in [0.15, 0.2) is 23.0 Å². The Hall–Kier alpha value is -2.68. The largest absolute Gasteiger partial charge is 0.391 e. The Balaban J connectivity index is 1.29. The van der Waals surface area contributed by atoms with Crippen molar-refractivity contribution < 1.29 is 9.90 Å². The molecule has 1 saturated heterocycles. The molecular formula is C22H30N6O3. The average molecular weight is 427 g/mol. The number of carbonyl (C=O) groups excluding carboxylic acids is 1. The molecule has 3 atom stereocenters. The van der Waals surface area contributed by atoms with Crippen LogP contribution < -0.4 is 15.8 Å². The fourth-order valence-corrected chi connectivity index (χ4v) is 4.88. The Bertz CT molecular complexity index is 997. The van der Waals surface area contributed by atoms with Crippen LogP contribution in [0.5, 0.6) is 0 Å². The van der Waals surface area contributed by atoms with Crippen molar-refractivity contribution in [3.8, 4) is 0 Å². The third-order valence-electron chi connectivity index (χ3n) is 6.84. The average Bonchev–Trinajstić information content (AvgIpc) is 3.36. The Labute approximate surface area is 180 Å². The second-order valence-corrected chi connectivity index (χ2v) is 9.08. The Morgan fingerprint density at radius 1 is 1.16 bits per heavy atom. The van der Waals surface area contributed by atoms with Crippen LogP contribution in [-0.4, -0.2) is 56.2 Å². The van der Waals surface area contributed by atoms with Crippen LogP contribution in [0.3, 0.4) is 0 Å². The van der Waals surface area contributed by atoms with Crippen molar-refractivity contribution in [1.82, 2.24) is 25.3 Å². The summed E-state index contributed by atoms with van der Waals surface area (Å²) in [5.41, 5.74) is 1.30. The van der Waals surface area contributed by atoms with E-state index in [1.54, 1.807) is 12.1 Å². The third-order valence-corrected chi connectivity index (χ3v) is 6.84. The maximum Gasteiger partial charge on any atom is 0.271 e. The van der Waals surface area contributed by atoms with E-state index in [9.17, 15) is 14.7 Å². The normalized spacial score (nSPS) is 26.2. The minimum atomic E-state index is -0.522. The van der Waals surface area contributed by atoms with Gasteiger partial charge in [-0.15, -0.1) is 0 Å². The minimum absolute atomic E-state index is 0.103. The predicted molar refractivity (Wildman–Crippen MR) is 115 cm³/mol. The molecule has 5 rings (SSSR count). The summed E-state index contributed by atoms with van der Waals surface area (Å²) in [4.78, 5) is 27.2. The number of hydrogen-bond acceptors (Lipinski definition) is 6. The number of rotatable bonds is 6. The molecule has 0 radical (unpaired) electrons. The molecule has 3 heterocycles. The molecule has 0 bridgehead atoms. The highest BCUT2D eigenvalue weighted by molar-refractivity contribution is 5.92. The lowest BCUT2D eigenvalue weighted by molar-refractivity contribution is 0.0944. The lowest BCUT2D eigenvalue weighted by Crippen LogP contribution is -2.48. The summed E-state index contributed by atoms with van der Waals surface area (Å²) in [5, 5.41) is 25.1. The molecule has 9 nitrogen and oxygen atoms in total. The zero-order valence-corrected chi connectivity index (χ0v) is 17.7. The first-order valence-electron chi connectivity index (χ1n) is 11.5. The first-order valence-corrected chi connectivity index (χ1v) is 11.5. The molecule has 9 heteroatoms. The van der Waals surface area contributed by atoms with Gasteiger partial charge in [-0.25, -0.2) is 4.68 Å². The highest BCUT2D eigenvalue weighted by atomic mass is 16.3. The van der Waals surface area contributed by atoms with E-state index in [-0.39, 0.29) is 23.6 Å². The maximum absolute atomic E-state index is 12.6. The Morgan fingerprint density at radius 3 is 2.81 bits per heavy atom. The number of carbonyl (C=O) groups is 1. The van der Waals surface area contributed by atoms with Gasteiger partial charge in [-0.3, -0.25) is 14.7 Å². The van der Waals surface area contributed by atoms with Gasteiger partial charge in [0, 0.05) is 36.8 Å². The van der Waals surface area contributed by atoms with E-state index in [4.69, 9.17) is 0 Å². The molecule has 2 aromatic rings. The van der Waals surface area contributed by atoms with Crippen molar-refractivity contribution in [3.05, 3.63) is 39.9 Å². The van der Waals surface area contributed by atoms with Gasteiger partial charge in [-0.05, 0) is 63.5 Å². The van der Waals surface area contributed by atoms with Gasteiger partial charge in [-0.2, -0.15) is 10.2 Å². The van der Waals surface area contributed by atoms with E-state index in [1.165, 1.54) is 4.68 Å². The molecule has 166 valence electrons. The van der Waals surface area contributed by atoms with Crippen molar-refractivity contribution >= 4 is 11.7 Å². The number of H-pyrrole nitrogens is 1. The molecule has 2 saturated carbocycles. The lowest BCUT2D eigenvalue weighted by atomic mass is 10.0. The maximum atomic E-state index is 12.6. The summed E-state index contributed by atoms with van der Waals surface area (Å²) in [6.45, 7) is 1.32. The van der Waals surface area contributed by atoms with Crippen molar-refractivity contribution in [2.75, 3.05) is 18.0 Å². The fourth-order valence-electron chi connectivity index (χ4n) is 4.88. The number of nitrogens with zero attached hydrogens (tertiary/aromatic N) is 4. The summed E-state index contributed by atoms with van der Waals surface area (Å²) in [5.74, 6) is 1.09. The fraction of sp³-hybridized carbons (Fsp3) is 0.636. The topological polar surface area (TPSA) is 116 Å². The molecule has 3 unspecified atom stereocenters. The molecule has 3 N–H and O–H groups in total. The summed E-state index contributed by atoms with van der Waals surface area (Å²) < 4.78 is 1.46. The van der Waals surface area contributed by atoms with Gasteiger partial charge in [0.2, 0.25) is 0 Å². The van der Waals surface area contributed by atoms with E-state index in [0.29, 0.717) is 24.6 Å². The summed E-state index contributed by atoms with van der Waals surface area (Å²) >= 11 is 0. The molecule has 3 aliphatic rings. The Kier molecular flexibility index (Phi) is 5.52. The zero-order chi connectivity index (χ0) is 21.4. The summed E-state index contributed by atoms with van der Waals surface area (Å²) in [7, 11) is 0. The van der Waals surface area contributed by atoms with Crippen LogP contribution in [-0.2, 0) is 0 Å². The van der Waals surface area contributed by atoms with Gasteiger partial charge in [0.15, 0.2) is 0 Å². The van der Waals surface area contributed by atoms with Crippen LogP contribution in [0, 0.1) is 0 Å². The smallest absolute Gasteiger partial charge is 0.271 e. The molecule has 3 fully saturated rings. The first kappa shape index (κ1) is 20.2. The van der Waals surface area contributed by atoms with E-state index in [1.807, 2.05) is 6.07 Å².